The predicted molar refractivity (Wildman–Crippen MR) is 110 cm³/mol. The molecule has 0 saturated carbocycles. The molecule has 0 aliphatic carbocycles. The molecular weight excluding hydrogens is 360 g/mol. The Hall–Kier alpha value is -1.91. The molecule has 27 heavy (non-hydrogen) atoms. The Kier molecular flexibility index (Phi) is 5.74. The SMILES string of the molecule is COc1ccc(N2C[C@@H](Oc3ccc(Cl)cc3)[C@H]2CN2CCCCC2)cc1. The van der Waals surface area contributed by atoms with E-state index in [1.165, 1.54) is 38.0 Å². The van der Waals surface area contributed by atoms with Crippen molar-refractivity contribution in [1.29, 1.82) is 0 Å². The zero-order valence-corrected chi connectivity index (χ0v) is 16.6. The lowest BCUT2D eigenvalue weighted by Crippen LogP contribution is -2.66. The highest BCUT2D eigenvalue weighted by molar-refractivity contribution is 6.30. The van der Waals surface area contributed by atoms with E-state index < -0.39 is 0 Å². The zero-order chi connectivity index (χ0) is 18.6. The maximum absolute atomic E-state index is 6.30. The lowest BCUT2D eigenvalue weighted by molar-refractivity contribution is 0.0823. The second-order valence-corrected chi connectivity index (χ2v) is 7.83. The van der Waals surface area contributed by atoms with Crippen LogP contribution in [0.3, 0.4) is 0 Å². The van der Waals surface area contributed by atoms with E-state index in [4.69, 9.17) is 21.1 Å². The quantitative estimate of drug-likeness (QED) is 0.731. The molecule has 2 aliphatic rings. The Bertz CT molecular complexity index is 729. The Balaban J connectivity index is 1.47. The van der Waals surface area contributed by atoms with E-state index in [0.717, 1.165) is 29.6 Å². The van der Waals surface area contributed by atoms with Gasteiger partial charge >= 0.3 is 0 Å². The van der Waals surface area contributed by atoms with E-state index in [9.17, 15) is 0 Å². The van der Waals surface area contributed by atoms with Crippen molar-refractivity contribution in [2.24, 2.45) is 0 Å². The van der Waals surface area contributed by atoms with E-state index in [0.29, 0.717) is 6.04 Å². The van der Waals surface area contributed by atoms with Crippen molar-refractivity contribution >= 4 is 17.3 Å². The highest BCUT2D eigenvalue weighted by Crippen LogP contribution is 2.32. The summed E-state index contributed by atoms with van der Waals surface area (Å²) in [5.74, 6) is 1.78. The first-order chi connectivity index (χ1) is 13.2. The summed E-state index contributed by atoms with van der Waals surface area (Å²) in [6.07, 6.45) is 4.15. The minimum Gasteiger partial charge on any atom is -0.497 e. The van der Waals surface area contributed by atoms with Gasteiger partial charge in [0.2, 0.25) is 0 Å². The fraction of sp³-hybridized carbons (Fsp3) is 0.455. The minimum absolute atomic E-state index is 0.190. The predicted octanol–water partition coefficient (Wildman–Crippen LogP) is 4.47. The molecule has 2 atom stereocenters. The van der Waals surface area contributed by atoms with Crippen LogP contribution in [0.1, 0.15) is 19.3 Å². The van der Waals surface area contributed by atoms with Crippen molar-refractivity contribution in [3.8, 4) is 11.5 Å². The summed E-state index contributed by atoms with van der Waals surface area (Å²) in [6.45, 7) is 4.33. The van der Waals surface area contributed by atoms with Gasteiger partial charge in [0, 0.05) is 17.3 Å². The standard InChI is InChI=1S/C22H27ClN2O2/c1-26-19-11-7-18(8-12-19)25-16-22(27-20-9-5-17(23)6-10-20)21(25)15-24-13-3-2-4-14-24/h5-12,21-22H,2-4,13-16H2,1H3/t21-,22-/m1/s1. The molecule has 4 rings (SSSR count). The summed E-state index contributed by atoms with van der Waals surface area (Å²) in [5, 5.41) is 0.737. The number of benzene rings is 2. The number of rotatable bonds is 6. The fourth-order valence-corrected chi connectivity index (χ4v) is 4.14. The topological polar surface area (TPSA) is 24.9 Å². The van der Waals surface area contributed by atoms with E-state index >= 15 is 0 Å². The third-order valence-corrected chi connectivity index (χ3v) is 5.86. The maximum atomic E-state index is 6.30. The van der Waals surface area contributed by atoms with Gasteiger partial charge in [-0.05, 0) is 74.5 Å². The molecular formula is C22H27ClN2O2. The van der Waals surface area contributed by atoms with Crippen molar-refractivity contribution in [2.45, 2.75) is 31.4 Å². The van der Waals surface area contributed by atoms with Crippen molar-refractivity contribution in [3.05, 3.63) is 53.6 Å². The van der Waals surface area contributed by atoms with Crippen LogP contribution >= 0.6 is 11.6 Å². The Labute approximate surface area is 166 Å². The molecule has 144 valence electrons. The monoisotopic (exact) mass is 386 g/mol. The Morgan fingerprint density at radius 1 is 0.926 bits per heavy atom. The van der Waals surface area contributed by atoms with Crippen LogP contribution in [-0.2, 0) is 0 Å². The highest BCUT2D eigenvalue weighted by Gasteiger charge is 2.42. The van der Waals surface area contributed by atoms with E-state index in [1.54, 1.807) is 7.11 Å². The second kappa shape index (κ2) is 8.41. The average molecular weight is 387 g/mol. The van der Waals surface area contributed by atoms with Gasteiger partial charge in [0.25, 0.3) is 0 Å². The zero-order valence-electron chi connectivity index (χ0n) is 15.8. The molecule has 0 radical (unpaired) electrons. The van der Waals surface area contributed by atoms with Crippen molar-refractivity contribution < 1.29 is 9.47 Å². The number of hydrogen-bond donors (Lipinski definition) is 0. The Morgan fingerprint density at radius 3 is 2.26 bits per heavy atom. The molecule has 0 bridgehead atoms. The third-order valence-electron chi connectivity index (χ3n) is 5.61. The van der Waals surface area contributed by atoms with Gasteiger partial charge in [-0.3, -0.25) is 0 Å². The van der Waals surface area contributed by atoms with Crippen LogP contribution in [0.15, 0.2) is 48.5 Å². The van der Waals surface area contributed by atoms with Gasteiger partial charge < -0.3 is 19.3 Å². The second-order valence-electron chi connectivity index (χ2n) is 7.39. The van der Waals surface area contributed by atoms with Gasteiger partial charge in [-0.2, -0.15) is 0 Å². The average Bonchev–Trinajstić information content (AvgIpc) is 2.71. The van der Waals surface area contributed by atoms with Crippen LogP contribution in [0, 0.1) is 0 Å². The molecule has 2 saturated heterocycles. The largest absolute Gasteiger partial charge is 0.497 e. The number of nitrogens with zero attached hydrogens (tertiary/aromatic N) is 2. The first-order valence-electron chi connectivity index (χ1n) is 9.78. The van der Waals surface area contributed by atoms with Crippen LogP contribution in [0.2, 0.25) is 5.02 Å². The third kappa shape index (κ3) is 4.33. The molecule has 0 unspecified atom stereocenters. The minimum atomic E-state index is 0.190. The first-order valence-corrected chi connectivity index (χ1v) is 10.2. The summed E-state index contributed by atoms with van der Waals surface area (Å²) in [5.41, 5.74) is 1.23. The van der Waals surface area contributed by atoms with Crippen LogP contribution in [0.5, 0.6) is 11.5 Å². The number of hydrogen-bond acceptors (Lipinski definition) is 4. The summed E-state index contributed by atoms with van der Waals surface area (Å²) in [7, 11) is 1.70. The number of halogens is 1. The molecule has 0 amide bonds. The van der Waals surface area contributed by atoms with Crippen molar-refractivity contribution in [1.82, 2.24) is 4.90 Å². The van der Waals surface area contributed by atoms with Gasteiger partial charge in [-0.25, -0.2) is 0 Å². The van der Waals surface area contributed by atoms with Crippen molar-refractivity contribution in [2.75, 3.05) is 38.2 Å². The van der Waals surface area contributed by atoms with E-state index in [2.05, 4.69) is 21.9 Å². The first kappa shape index (κ1) is 18.5. The maximum Gasteiger partial charge on any atom is 0.138 e. The van der Waals surface area contributed by atoms with Crippen LogP contribution in [0.25, 0.3) is 0 Å². The van der Waals surface area contributed by atoms with Crippen molar-refractivity contribution in [3.63, 3.8) is 0 Å². The molecule has 5 heteroatoms. The lowest BCUT2D eigenvalue weighted by atomic mass is 9.96. The van der Waals surface area contributed by atoms with Crippen LogP contribution in [0.4, 0.5) is 5.69 Å². The smallest absolute Gasteiger partial charge is 0.138 e. The molecule has 0 N–H and O–H groups in total. The molecule has 2 heterocycles. The summed E-state index contributed by atoms with van der Waals surface area (Å²) in [4.78, 5) is 5.04. The number of likely N-dealkylation sites (tertiary alicyclic amines) is 1. The molecule has 2 aliphatic heterocycles. The van der Waals surface area contributed by atoms with E-state index in [-0.39, 0.29) is 6.10 Å². The van der Waals surface area contributed by atoms with Gasteiger partial charge in [-0.15, -0.1) is 0 Å². The molecule has 0 aromatic heterocycles. The number of ether oxygens (including phenoxy) is 2. The normalized spacial score (nSPS) is 23.0. The number of methoxy groups -OCH3 is 1. The Morgan fingerprint density at radius 2 is 1.59 bits per heavy atom. The summed E-state index contributed by atoms with van der Waals surface area (Å²) >= 11 is 6.00. The molecule has 2 fully saturated rings. The van der Waals surface area contributed by atoms with E-state index in [1.807, 2.05) is 36.4 Å². The number of piperidine rings is 1. The molecule has 4 nitrogen and oxygen atoms in total. The summed E-state index contributed by atoms with van der Waals surface area (Å²) < 4.78 is 11.6. The fourth-order valence-electron chi connectivity index (χ4n) is 4.01. The highest BCUT2D eigenvalue weighted by atomic mass is 35.5. The molecule has 2 aromatic rings. The molecule has 0 spiro atoms. The molecule has 2 aromatic carbocycles. The van der Waals surface area contributed by atoms with Gasteiger partial charge in [0.1, 0.15) is 17.6 Å². The van der Waals surface area contributed by atoms with Gasteiger partial charge in [-0.1, -0.05) is 18.0 Å². The summed E-state index contributed by atoms with van der Waals surface area (Å²) in [6, 6.07) is 16.4. The van der Waals surface area contributed by atoms with Crippen LogP contribution in [-0.4, -0.2) is 50.3 Å². The van der Waals surface area contributed by atoms with Crippen LogP contribution < -0.4 is 14.4 Å². The van der Waals surface area contributed by atoms with Gasteiger partial charge in [0.05, 0.1) is 19.7 Å². The van der Waals surface area contributed by atoms with Gasteiger partial charge in [0.15, 0.2) is 0 Å². The number of anilines is 1. The lowest BCUT2D eigenvalue weighted by Gasteiger charge is -2.51.